The van der Waals surface area contributed by atoms with E-state index in [1.54, 1.807) is 12.4 Å². The maximum absolute atomic E-state index is 6.20. The van der Waals surface area contributed by atoms with Crippen molar-refractivity contribution >= 4 is 46.2 Å². The molecule has 243 valence electrons. The summed E-state index contributed by atoms with van der Waals surface area (Å²) >= 11 is 0. The molecule has 1 radical (unpaired) electrons. The van der Waals surface area contributed by atoms with E-state index in [2.05, 4.69) is 105 Å². The van der Waals surface area contributed by atoms with Crippen molar-refractivity contribution in [3.63, 3.8) is 0 Å². The van der Waals surface area contributed by atoms with Gasteiger partial charge in [-0.3, -0.25) is 9.97 Å². The Balaban J connectivity index is 0.000000188. The van der Waals surface area contributed by atoms with E-state index in [1.165, 1.54) is 10.8 Å². The number of para-hydroxylation sites is 2. The number of hydrogen-bond acceptors (Lipinski definition) is 4. The van der Waals surface area contributed by atoms with Crippen LogP contribution in [0.15, 0.2) is 89.7 Å². The first-order chi connectivity index (χ1) is 22.0. The fourth-order valence-electron chi connectivity index (χ4n) is 6.23. The number of aromatic nitrogens is 4. The molecule has 0 spiro atoms. The van der Waals surface area contributed by atoms with Gasteiger partial charge in [-0.15, -0.1) is 53.6 Å². The summed E-state index contributed by atoms with van der Waals surface area (Å²) in [5.41, 5.74) is 9.36. The van der Waals surface area contributed by atoms with Crippen LogP contribution in [-0.4, -0.2) is 27.6 Å². The van der Waals surface area contributed by atoms with Gasteiger partial charge < -0.3 is 14.0 Å². The Morgan fingerprint density at radius 3 is 2.40 bits per heavy atom. The van der Waals surface area contributed by atoms with Crippen LogP contribution in [-0.2, 0) is 26.5 Å². The third kappa shape index (κ3) is 7.03. The van der Waals surface area contributed by atoms with Crippen LogP contribution in [0.4, 0.5) is 0 Å². The molecule has 7 aromatic rings. The van der Waals surface area contributed by atoms with E-state index in [9.17, 15) is 0 Å². The first kappa shape index (κ1) is 34.4. The molecule has 0 N–H and O–H groups in total. The Hall–Kier alpha value is -3.90. The number of fused-ring (bicyclic) bond motifs is 4. The van der Waals surface area contributed by atoms with Crippen LogP contribution < -0.4 is 5.19 Å². The molecule has 0 aliphatic heterocycles. The van der Waals surface area contributed by atoms with Gasteiger partial charge in [0.05, 0.1) is 36.7 Å². The van der Waals surface area contributed by atoms with Gasteiger partial charge in [0.25, 0.3) is 0 Å². The van der Waals surface area contributed by atoms with Crippen LogP contribution in [0.1, 0.15) is 44.9 Å². The normalized spacial score (nSPS) is 11.7. The Morgan fingerprint density at radius 2 is 1.70 bits per heavy atom. The second-order valence-corrected chi connectivity index (χ2v) is 18.8. The summed E-state index contributed by atoms with van der Waals surface area (Å²) in [5, 5.41) is 3.68. The number of pyridine rings is 2. The summed E-state index contributed by atoms with van der Waals surface area (Å²) in [6.07, 6.45) is 6.81. The molecular weight excluding hydrogens is 773 g/mol. The van der Waals surface area contributed by atoms with Crippen molar-refractivity contribution in [3.05, 3.63) is 109 Å². The topological polar surface area (TPSA) is 56.7 Å². The van der Waals surface area contributed by atoms with E-state index >= 15 is 0 Å². The van der Waals surface area contributed by atoms with E-state index in [1.807, 2.05) is 48.5 Å². The molecule has 7 heteroatoms. The van der Waals surface area contributed by atoms with E-state index < -0.39 is 8.07 Å². The van der Waals surface area contributed by atoms with E-state index in [4.69, 9.17) is 9.40 Å². The van der Waals surface area contributed by atoms with Crippen LogP contribution in [0.25, 0.3) is 55.6 Å². The molecule has 0 fully saturated rings. The number of aryl methyl sites for hydroxylation is 1. The smallest absolute Gasteiger partial charge is 0.139 e. The fourth-order valence-corrected chi connectivity index (χ4v) is 7.82. The first-order valence-corrected chi connectivity index (χ1v) is 19.6. The van der Waals surface area contributed by atoms with Crippen LogP contribution in [0.3, 0.4) is 0 Å². The monoisotopic (exact) mass is 815 g/mol. The Labute approximate surface area is 292 Å². The van der Waals surface area contributed by atoms with Crippen molar-refractivity contribution < 1.29 is 24.5 Å². The SMILES string of the molecule is CC(C)Cc1cc(-c2[c-]cccc2)ncc1[Si](C)(C)C.Cc1c[c-]c(-c2nc3ccccc3n2C(C)C)c2oc3cnccc3c12.[Ir]. The molecular formula is C40H42IrN4OSi-2. The maximum Gasteiger partial charge on any atom is 0.139 e. The molecule has 4 heterocycles. The van der Waals surface area contributed by atoms with Crippen molar-refractivity contribution in [2.24, 2.45) is 5.92 Å². The van der Waals surface area contributed by atoms with Crippen LogP contribution in [0.2, 0.25) is 19.6 Å². The molecule has 7 rings (SSSR count). The molecule has 0 aliphatic carbocycles. The van der Waals surface area contributed by atoms with Gasteiger partial charge >= 0.3 is 0 Å². The van der Waals surface area contributed by atoms with E-state index in [0.717, 1.165) is 67.6 Å². The molecule has 0 saturated carbocycles. The second-order valence-electron chi connectivity index (χ2n) is 13.8. The van der Waals surface area contributed by atoms with Crippen LogP contribution >= 0.6 is 0 Å². The molecule has 0 bridgehead atoms. The van der Waals surface area contributed by atoms with Crippen molar-refractivity contribution in [1.82, 2.24) is 19.5 Å². The standard InChI is InChI=1S/C22H18N3O.C18H24NSi.Ir/c1-13(2)25-18-7-5-4-6-17(18)24-22(25)16-9-8-14(3)20-15-10-11-23-12-19(15)26-21(16)20;1-14(2)11-16-12-17(15-9-7-6-8-10-15)19-13-18(16)20(3,4)5;/h4-8,10-13H,1-3H3;6-9,12-14H,11H2,1-5H3;/q2*-1;. The first-order valence-electron chi connectivity index (χ1n) is 16.1. The summed E-state index contributed by atoms with van der Waals surface area (Å²) < 4.78 is 8.45. The van der Waals surface area contributed by atoms with Gasteiger partial charge in [0.2, 0.25) is 0 Å². The number of hydrogen-bond donors (Lipinski definition) is 0. The average Bonchev–Trinajstić information content (AvgIpc) is 3.61. The zero-order valence-corrected chi connectivity index (χ0v) is 31.9. The summed E-state index contributed by atoms with van der Waals surface area (Å²) in [6, 6.07) is 29.6. The zero-order valence-electron chi connectivity index (χ0n) is 28.5. The van der Waals surface area contributed by atoms with Crippen molar-refractivity contribution in [2.75, 3.05) is 0 Å². The van der Waals surface area contributed by atoms with E-state index in [0.29, 0.717) is 5.92 Å². The Morgan fingerprint density at radius 1 is 0.936 bits per heavy atom. The number of rotatable bonds is 6. The summed E-state index contributed by atoms with van der Waals surface area (Å²) in [7, 11) is -1.34. The Bertz CT molecular complexity index is 2140. The fraction of sp³-hybridized carbons (Fsp3) is 0.275. The molecule has 0 atom stereocenters. The number of benzene rings is 3. The second kappa shape index (κ2) is 14.1. The Kier molecular flexibility index (Phi) is 10.3. The van der Waals surface area contributed by atoms with Crippen LogP contribution in [0, 0.1) is 25.0 Å². The van der Waals surface area contributed by atoms with Crippen molar-refractivity contribution in [1.29, 1.82) is 0 Å². The van der Waals surface area contributed by atoms with Gasteiger partial charge in [0.15, 0.2) is 0 Å². The molecule has 4 aromatic heterocycles. The summed E-state index contributed by atoms with van der Waals surface area (Å²) in [4.78, 5) is 13.8. The molecule has 5 nitrogen and oxygen atoms in total. The van der Waals surface area contributed by atoms with Crippen molar-refractivity contribution in [3.8, 4) is 22.6 Å². The van der Waals surface area contributed by atoms with Gasteiger partial charge in [0.1, 0.15) is 5.58 Å². The predicted molar refractivity (Wildman–Crippen MR) is 194 cm³/mol. The molecule has 0 unspecified atom stereocenters. The quantitative estimate of drug-likeness (QED) is 0.124. The third-order valence-electron chi connectivity index (χ3n) is 8.29. The van der Waals surface area contributed by atoms with E-state index in [-0.39, 0.29) is 26.1 Å². The van der Waals surface area contributed by atoms with Crippen molar-refractivity contribution in [2.45, 2.75) is 66.7 Å². The molecule has 3 aromatic carbocycles. The van der Waals surface area contributed by atoms with Gasteiger partial charge in [-0.1, -0.05) is 75.1 Å². The molecule has 0 saturated heterocycles. The maximum atomic E-state index is 6.20. The number of imidazole rings is 1. The summed E-state index contributed by atoms with van der Waals surface area (Å²) in [6.45, 7) is 18.2. The average molecular weight is 815 g/mol. The minimum absolute atomic E-state index is 0. The third-order valence-corrected chi connectivity index (χ3v) is 10.4. The van der Waals surface area contributed by atoms with Gasteiger partial charge in [-0.25, -0.2) is 0 Å². The number of nitrogens with zero attached hydrogens (tertiary/aromatic N) is 4. The largest absolute Gasteiger partial charge is 0.499 e. The molecule has 0 aliphatic rings. The minimum atomic E-state index is -1.34. The molecule has 0 amide bonds. The molecule has 47 heavy (non-hydrogen) atoms. The number of furan rings is 1. The van der Waals surface area contributed by atoms with Gasteiger partial charge in [0, 0.05) is 43.9 Å². The summed E-state index contributed by atoms with van der Waals surface area (Å²) in [5.74, 6) is 1.55. The minimum Gasteiger partial charge on any atom is -0.499 e. The van der Waals surface area contributed by atoms with Gasteiger partial charge in [-0.05, 0) is 55.3 Å². The van der Waals surface area contributed by atoms with Gasteiger partial charge in [-0.2, -0.15) is 0 Å². The predicted octanol–water partition coefficient (Wildman–Crippen LogP) is 9.98. The van der Waals surface area contributed by atoms with Crippen LogP contribution in [0.5, 0.6) is 0 Å². The zero-order chi connectivity index (χ0) is 32.6.